The van der Waals surface area contributed by atoms with Crippen LogP contribution in [0.5, 0.6) is 0 Å². The van der Waals surface area contributed by atoms with E-state index in [2.05, 4.69) is 34.0 Å². The number of benzene rings is 1. The molecular formula is C13H12N4. The van der Waals surface area contributed by atoms with E-state index in [9.17, 15) is 0 Å². The minimum Gasteiger partial charge on any atom is -0.384 e. The highest BCUT2D eigenvalue weighted by atomic mass is 14.9. The number of rotatable bonds is 1. The van der Waals surface area contributed by atoms with E-state index in [-0.39, 0.29) is 0 Å². The molecule has 2 aromatic heterocycles. The van der Waals surface area contributed by atoms with E-state index in [0.717, 1.165) is 22.3 Å². The van der Waals surface area contributed by atoms with E-state index in [1.807, 2.05) is 12.1 Å². The molecule has 0 aliphatic heterocycles. The van der Waals surface area contributed by atoms with Gasteiger partial charge in [0.15, 0.2) is 0 Å². The second-order valence-corrected chi connectivity index (χ2v) is 4.06. The van der Waals surface area contributed by atoms with Crippen molar-refractivity contribution in [3.05, 3.63) is 42.2 Å². The standard InChI is InChI=1S/C13H12N4/c1-8-2-4-9(5-3-8)12-13-10(15-7-16-13)6-11(14)17-12/h2-7H,1H3,(H2,14,17)(H,15,16). The number of nitrogens with one attached hydrogen (secondary N) is 1. The van der Waals surface area contributed by atoms with Crippen LogP contribution in [0.3, 0.4) is 0 Å². The van der Waals surface area contributed by atoms with Crippen LogP contribution in [0.25, 0.3) is 22.3 Å². The molecule has 0 radical (unpaired) electrons. The lowest BCUT2D eigenvalue weighted by molar-refractivity contribution is 1.33. The molecule has 0 saturated heterocycles. The fourth-order valence-electron chi connectivity index (χ4n) is 1.88. The van der Waals surface area contributed by atoms with Gasteiger partial charge in [-0.3, -0.25) is 0 Å². The van der Waals surface area contributed by atoms with Crippen LogP contribution in [-0.4, -0.2) is 15.0 Å². The number of pyridine rings is 1. The fraction of sp³-hybridized carbons (Fsp3) is 0.0769. The molecule has 1 aromatic carbocycles. The van der Waals surface area contributed by atoms with Gasteiger partial charge in [-0.25, -0.2) is 9.97 Å². The molecule has 0 saturated carbocycles. The van der Waals surface area contributed by atoms with Gasteiger partial charge in [-0.15, -0.1) is 0 Å². The Hall–Kier alpha value is -2.36. The SMILES string of the molecule is Cc1ccc(-c2nc(N)cc3[nH]cnc23)cc1. The lowest BCUT2D eigenvalue weighted by Crippen LogP contribution is -1.93. The molecule has 84 valence electrons. The van der Waals surface area contributed by atoms with Crippen molar-refractivity contribution in [3.63, 3.8) is 0 Å². The Kier molecular flexibility index (Phi) is 2.08. The highest BCUT2D eigenvalue weighted by molar-refractivity contribution is 5.90. The average Bonchev–Trinajstić information content (AvgIpc) is 2.77. The normalized spacial score (nSPS) is 10.9. The fourth-order valence-corrected chi connectivity index (χ4v) is 1.88. The van der Waals surface area contributed by atoms with Crippen molar-refractivity contribution in [2.24, 2.45) is 0 Å². The zero-order valence-corrected chi connectivity index (χ0v) is 9.44. The summed E-state index contributed by atoms with van der Waals surface area (Å²) < 4.78 is 0. The quantitative estimate of drug-likeness (QED) is 0.667. The summed E-state index contributed by atoms with van der Waals surface area (Å²) in [7, 11) is 0. The molecule has 4 heteroatoms. The lowest BCUT2D eigenvalue weighted by atomic mass is 10.1. The Morgan fingerprint density at radius 1 is 1.18 bits per heavy atom. The minimum absolute atomic E-state index is 0.498. The van der Waals surface area contributed by atoms with Crippen molar-refractivity contribution < 1.29 is 0 Å². The molecule has 3 aromatic rings. The third kappa shape index (κ3) is 1.63. The van der Waals surface area contributed by atoms with Gasteiger partial charge in [0.1, 0.15) is 17.0 Å². The summed E-state index contributed by atoms with van der Waals surface area (Å²) in [4.78, 5) is 11.7. The largest absolute Gasteiger partial charge is 0.384 e. The summed E-state index contributed by atoms with van der Waals surface area (Å²) in [6, 6.07) is 9.97. The molecule has 0 fully saturated rings. The first kappa shape index (κ1) is 9.84. The first-order chi connectivity index (χ1) is 8.24. The molecular weight excluding hydrogens is 212 g/mol. The van der Waals surface area contributed by atoms with Crippen molar-refractivity contribution in [1.82, 2.24) is 15.0 Å². The number of nitrogen functional groups attached to an aromatic ring is 1. The highest BCUT2D eigenvalue weighted by Crippen LogP contribution is 2.26. The minimum atomic E-state index is 0.498. The second-order valence-electron chi connectivity index (χ2n) is 4.06. The smallest absolute Gasteiger partial charge is 0.126 e. The number of nitrogens with zero attached hydrogens (tertiary/aromatic N) is 2. The first-order valence-electron chi connectivity index (χ1n) is 5.41. The van der Waals surface area contributed by atoms with Gasteiger partial charge in [-0.2, -0.15) is 0 Å². The topological polar surface area (TPSA) is 67.6 Å². The Balaban J connectivity index is 2.28. The number of hydrogen-bond donors (Lipinski definition) is 2. The zero-order valence-electron chi connectivity index (χ0n) is 9.44. The molecule has 0 spiro atoms. The van der Waals surface area contributed by atoms with Crippen LogP contribution < -0.4 is 5.73 Å². The Morgan fingerprint density at radius 3 is 2.71 bits per heavy atom. The van der Waals surface area contributed by atoms with E-state index in [1.165, 1.54) is 5.56 Å². The molecule has 3 N–H and O–H groups in total. The molecule has 2 heterocycles. The predicted molar refractivity (Wildman–Crippen MR) is 68.5 cm³/mol. The molecule has 4 nitrogen and oxygen atoms in total. The van der Waals surface area contributed by atoms with Gasteiger partial charge in [0.05, 0.1) is 11.8 Å². The third-order valence-corrected chi connectivity index (χ3v) is 2.75. The third-order valence-electron chi connectivity index (χ3n) is 2.75. The summed E-state index contributed by atoms with van der Waals surface area (Å²) in [5.74, 6) is 0.498. The van der Waals surface area contributed by atoms with E-state index in [1.54, 1.807) is 12.4 Å². The van der Waals surface area contributed by atoms with E-state index in [4.69, 9.17) is 5.73 Å². The Labute approximate surface area is 98.5 Å². The first-order valence-corrected chi connectivity index (χ1v) is 5.41. The van der Waals surface area contributed by atoms with Crippen molar-refractivity contribution in [2.45, 2.75) is 6.92 Å². The summed E-state index contributed by atoms with van der Waals surface area (Å²) in [6.07, 6.45) is 1.66. The van der Waals surface area contributed by atoms with Crippen LogP contribution >= 0.6 is 0 Å². The van der Waals surface area contributed by atoms with Gasteiger partial charge in [0, 0.05) is 11.6 Å². The van der Waals surface area contributed by atoms with Crippen molar-refractivity contribution in [1.29, 1.82) is 0 Å². The maximum atomic E-state index is 5.79. The molecule has 3 rings (SSSR count). The maximum Gasteiger partial charge on any atom is 0.126 e. The number of aromatic amines is 1. The van der Waals surface area contributed by atoms with Crippen molar-refractivity contribution >= 4 is 16.9 Å². The Morgan fingerprint density at radius 2 is 1.94 bits per heavy atom. The number of anilines is 1. The number of nitrogens with two attached hydrogens (primary N) is 1. The van der Waals surface area contributed by atoms with Crippen LogP contribution in [0, 0.1) is 6.92 Å². The molecule has 0 aliphatic rings. The van der Waals surface area contributed by atoms with Gasteiger partial charge in [-0.05, 0) is 6.92 Å². The monoisotopic (exact) mass is 224 g/mol. The van der Waals surface area contributed by atoms with Crippen molar-refractivity contribution in [3.8, 4) is 11.3 Å². The summed E-state index contributed by atoms with van der Waals surface area (Å²) in [5, 5.41) is 0. The lowest BCUT2D eigenvalue weighted by Gasteiger charge is -2.04. The van der Waals surface area contributed by atoms with Gasteiger partial charge in [-0.1, -0.05) is 29.8 Å². The number of H-pyrrole nitrogens is 1. The molecule has 0 atom stereocenters. The molecule has 0 unspecified atom stereocenters. The molecule has 0 bridgehead atoms. The summed E-state index contributed by atoms with van der Waals surface area (Å²) in [6.45, 7) is 2.06. The second kappa shape index (κ2) is 3.59. The number of imidazole rings is 1. The van der Waals surface area contributed by atoms with Gasteiger partial charge >= 0.3 is 0 Å². The zero-order chi connectivity index (χ0) is 11.8. The number of hydrogen-bond acceptors (Lipinski definition) is 3. The Bertz CT molecular complexity index is 667. The van der Waals surface area contributed by atoms with E-state index < -0.39 is 0 Å². The number of fused-ring (bicyclic) bond motifs is 1. The molecule has 0 aliphatic carbocycles. The van der Waals surface area contributed by atoms with Gasteiger partial charge < -0.3 is 10.7 Å². The average molecular weight is 224 g/mol. The van der Waals surface area contributed by atoms with E-state index in [0.29, 0.717) is 5.82 Å². The van der Waals surface area contributed by atoms with Crippen molar-refractivity contribution in [2.75, 3.05) is 5.73 Å². The molecule has 0 amide bonds. The van der Waals surface area contributed by atoms with Crippen LogP contribution in [0.15, 0.2) is 36.7 Å². The summed E-state index contributed by atoms with van der Waals surface area (Å²) in [5.41, 5.74) is 10.6. The number of aryl methyl sites for hydroxylation is 1. The highest BCUT2D eigenvalue weighted by Gasteiger charge is 2.08. The van der Waals surface area contributed by atoms with Crippen LogP contribution in [-0.2, 0) is 0 Å². The van der Waals surface area contributed by atoms with Gasteiger partial charge in [0.25, 0.3) is 0 Å². The van der Waals surface area contributed by atoms with E-state index >= 15 is 0 Å². The predicted octanol–water partition coefficient (Wildman–Crippen LogP) is 2.52. The maximum absolute atomic E-state index is 5.79. The number of aromatic nitrogens is 3. The van der Waals surface area contributed by atoms with Gasteiger partial charge in [0.2, 0.25) is 0 Å². The molecule has 17 heavy (non-hydrogen) atoms. The van der Waals surface area contributed by atoms with Crippen LogP contribution in [0.4, 0.5) is 5.82 Å². The van der Waals surface area contributed by atoms with Crippen LogP contribution in [0.1, 0.15) is 5.56 Å². The van der Waals surface area contributed by atoms with Crippen LogP contribution in [0.2, 0.25) is 0 Å². The summed E-state index contributed by atoms with van der Waals surface area (Å²) >= 11 is 0.